The molecule has 1 rings (SSSR count). The summed E-state index contributed by atoms with van der Waals surface area (Å²) >= 11 is 3.04. The highest BCUT2D eigenvalue weighted by atomic mass is 79.9. The first-order chi connectivity index (χ1) is 9.70. The monoisotopic (exact) mass is 379 g/mol. The molecule has 21 heavy (non-hydrogen) atoms. The lowest BCUT2D eigenvalue weighted by molar-refractivity contribution is -0.140. The van der Waals surface area contributed by atoms with Crippen molar-refractivity contribution in [2.45, 2.75) is 11.3 Å². The number of carboxylic acid groups (broad SMARTS) is 1. The van der Waals surface area contributed by atoms with Crippen molar-refractivity contribution in [2.24, 2.45) is 0 Å². The van der Waals surface area contributed by atoms with Gasteiger partial charge in [-0.05, 0) is 34.1 Å². The molecule has 0 unspecified atom stereocenters. The molecule has 0 atom stereocenters. The fourth-order valence-electron chi connectivity index (χ4n) is 1.48. The largest absolute Gasteiger partial charge is 0.478 e. The van der Waals surface area contributed by atoms with Crippen molar-refractivity contribution in [2.75, 3.05) is 20.7 Å². The number of esters is 1. The summed E-state index contributed by atoms with van der Waals surface area (Å²) in [5.74, 6) is -1.77. The molecule has 0 bridgehead atoms. The summed E-state index contributed by atoms with van der Waals surface area (Å²) < 4.78 is 30.3. The van der Waals surface area contributed by atoms with Gasteiger partial charge in [0, 0.05) is 18.1 Å². The second-order valence-electron chi connectivity index (χ2n) is 4.10. The van der Waals surface area contributed by atoms with Gasteiger partial charge in [0.25, 0.3) is 0 Å². The van der Waals surface area contributed by atoms with Crippen molar-refractivity contribution >= 4 is 37.9 Å². The van der Waals surface area contributed by atoms with Crippen molar-refractivity contribution in [3.8, 4) is 0 Å². The number of nitrogens with zero attached hydrogens (tertiary/aromatic N) is 1. The molecule has 0 aliphatic carbocycles. The van der Waals surface area contributed by atoms with E-state index in [1.807, 2.05) is 0 Å². The van der Waals surface area contributed by atoms with E-state index in [9.17, 15) is 18.0 Å². The number of benzene rings is 1. The molecule has 0 spiro atoms. The fraction of sp³-hybridized carbons (Fsp3) is 0.333. The Balaban J connectivity index is 3.05. The lowest BCUT2D eigenvalue weighted by atomic mass is 10.2. The van der Waals surface area contributed by atoms with Crippen LogP contribution in [-0.4, -0.2) is 50.5 Å². The molecule has 0 radical (unpaired) electrons. The zero-order valence-electron chi connectivity index (χ0n) is 11.4. The van der Waals surface area contributed by atoms with Gasteiger partial charge in [-0.25, -0.2) is 17.5 Å². The molecule has 0 heterocycles. The predicted molar refractivity (Wildman–Crippen MR) is 77.6 cm³/mol. The number of hydrogen-bond acceptors (Lipinski definition) is 5. The van der Waals surface area contributed by atoms with Crippen LogP contribution in [0.3, 0.4) is 0 Å². The van der Waals surface area contributed by atoms with Crippen molar-refractivity contribution in [1.82, 2.24) is 4.31 Å². The number of carboxylic acids is 1. The summed E-state index contributed by atoms with van der Waals surface area (Å²) in [6, 6.07) is 3.71. The summed E-state index contributed by atoms with van der Waals surface area (Å²) in [6.07, 6.45) is -0.0887. The third-order valence-corrected chi connectivity index (χ3v) is 5.28. The van der Waals surface area contributed by atoms with Crippen LogP contribution >= 0.6 is 15.9 Å². The van der Waals surface area contributed by atoms with Crippen LogP contribution in [0.4, 0.5) is 0 Å². The molecule has 9 heteroatoms. The maximum Gasteiger partial charge on any atom is 0.336 e. The van der Waals surface area contributed by atoms with Gasteiger partial charge in [-0.3, -0.25) is 4.79 Å². The molecule has 0 saturated carbocycles. The maximum atomic E-state index is 12.3. The van der Waals surface area contributed by atoms with Gasteiger partial charge in [0.05, 0.1) is 24.0 Å². The van der Waals surface area contributed by atoms with E-state index in [1.165, 1.54) is 26.3 Å². The van der Waals surface area contributed by atoms with Gasteiger partial charge >= 0.3 is 11.9 Å². The number of hydrogen-bond donors (Lipinski definition) is 1. The van der Waals surface area contributed by atoms with Gasteiger partial charge in [0.2, 0.25) is 10.0 Å². The Hall–Kier alpha value is -1.45. The molecule has 0 aliphatic heterocycles. The first kappa shape index (κ1) is 17.6. The Morgan fingerprint density at radius 3 is 2.52 bits per heavy atom. The van der Waals surface area contributed by atoms with Crippen molar-refractivity contribution in [3.05, 3.63) is 28.2 Å². The Morgan fingerprint density at radius 1 is 1.38 bits per heavy atom. The number of methoxy groups -OCH3 is 1. The van der Waals surface area contributed by atoms with Crippen molar-refractivity contribution < 1.29 is 27.9 Å². The van der Waals surface area contributed by atoms with E-state index in [2.05, 4.69) is 20.7 Å². The van der Waals surface area contributed by atoms with Gasteiger partial charge in [-0.2, -0.15) is 0 Å². The Kier molecular flexibility index (Phi) is 5.87. The van der Waals surface area contributed by atoms with Crippen LogP contribution in [0, 0.1) is 0 Å². The fourth-order valence-corrected chi connectivity index (χ4v) is 3.09. The van der Waals surface area contributed by atoms with Crippen LogP contribution in [0.15, 0.2) is 27.6 Å². The number of ether oxygens (including phenoxy) is 1. The lowest BCUT2D eigenvalue weighted by Gasteiger charge is -2.17. The van der Waals surface area contributed by atoms with Crippen LogP contribution < -0.4 is 0 Å². The molecular weight excluding hydrogens is 366 g/mol. The SMILES string of the molecule is COC(=O)CCN(C)S(=O)(=O)c1ccc(Br)c(C(=O)O)c1. The number of aromatic carboxylic acids is 1. The van der Waals surface area contributed by atoms with Gasteiger partial charge in [0.1, 0.15) is 0 Å². The highest BCUT2D eigenvalue weighted by molar-refractivity contribution is 9.10. The second kappa shape index (κ2) is 7.01. The quantitative estimate of drug-likeness (QED) is 0.748. The zero-order valence-corrected chi connectivity index (χ0v) is 13.8. The van der Waals surface area contributed by atoms with E-state index in [-0.39, 0.29) is 27.9 Å². The first-order valence-corrected chi connectivity index (χ1v) is 7.99. The molecule has 116 valence electrons. The highest BCUT2D eigenvalue weighted by Gasteiger charge is 2.23. The Bertz CT molecular complexity index is 658. The van der Waals surface area contributed by atoms with Crippen LogP contribution in [0.2, 0.25) is 0 Å². The molecule has 0 saturated heterocycles. The first-order valence-electron chi connectivity index (χ1n) is 5.76. The van der Waals surface area contributed by atoms with Gasteiger partial charge in [-0.1, -0.05) is 0 Å². The van der Waals surface area contributed by atoms with Crippen LogP contribution in [-0.2, 0) is 19.6 Å². The van der Waals surface area contributed by atoms with Crippen LogP contribution in [0.5, 0.6) is 0 Å². The molecule has 0 fully saturated rings. The third-order valence-electron chi connectivity index (χ3n) is 2.73. The average Bonchev–Trinajstić information content (AvgIpc) is 2.43. The Morgan fingerprint density at radius 2 is 2.00 bits per heavy atom. The highest BCUT2D eigenvalue weighted by Crippen LogP contribution is 2.23. The molecule has 7 nitrogen and oxygen atoms in total. The summed E-state index contributed by atoms with van der Waals surface area (Å²) in [6.45, 7) is -0.0620. The number of halogens is 1. The van der Waals surface area contributed by atoms with Crippen LogP contribution in [0.1, 0.15) is 16.8 Å². The van der Waals surface area contributed by atoms with E-state index in [0.29, 0.717) is 0 Å². The third kappa shape index (κ3) is 4.26. The smallest absolute Gasteiger partial charge is 0.336 e. The van der Waals surface area contributed by atoms with E-state index in [0.717, 1.165) is 10.4 Å². The minimum atomic E-state index is -3.87. The van der Waals surface area contributed by atoms with Gasteiger partial charge < -0.3 is 9.84 Å². The zero-order chi connectivity index (χ0) is 16.2. The molecule has 0 amide bonds. The minimum Gasteiger partial charge on any atom is -0.478 e. The predicted octanol–water partition coefficient (Wildman–Crippen LogP) is 1.33. The van der Waals surface area contributed by atoms with E-state index >= 15 is 0 Å². The number of carbonyl (C=O) groups excluding carboxylic acids is 1. The molecule has 1 N–H and O–H groups in total. The topological polar surface area (TPSA) is 101 Å². The standard InChI is InChI=1S/C12H14BrNO6S/c1-14(6-5-11(15)20-2)21(18,19)8-3-4-10(13)9(7-8)12(16)17/h3-4,7H,5-6H2,1-2H3,(H,16,17). The molecule has 0 aliphatic rings. The van der Waals surface area contributed by atoms with Gasteiger partial charge in [-0.15, -0.1) is 0 Å². The van der Waals surface area contributed by atoms with E-state index < -0.39 is 22.0 Å². The normalized spacial score (nSPS) is 11.4. The number of rotatable bonds is 6. The molecule has 1 aromatic carbocycles. The number of carbonyl (C=O) groups is 2. The molecular formula is C12H14BrNO6S. The van der Waals surface area contributed by atoms with Crippen molar-refractivity contribution in [3.63, 3.8) is 0 Å². The number of sulfonamides is 1. The van der Waals surface area contributed by atoms with E-state index in [4.69, 9.17) is 5.11 Å². The summed E-state index contributed by atoms with van der Waals surface area (Å²) in [5.41, 5.74) is -0.155. The Labute approximate surface area is 130 Å². The van der Waals surface area contributed by atoms with Crippen LogP contribution in [0.25, 0.3) is 0 Å². The van der Waals surface area contributed by atoms with Gasteiger partial charge in [0.15, 0.2) is 0 Å². The molecule has 0 aromatic heterocycles. The van der Waals surface area contributed by atoms with E-state index in [1.54, 1.807) is 0 Å². The lowest BCUT2D eigenvalue weighted by Crippen LogP contribution is -2.29. The minimum absolute atomic E-state index is 0.0620. The summed E-state index contributed by atoms with van der Waals surface area (Å²) in [5, 5.41) is 9.00. The average molecular weight is 380 g/mol. The van der Waals surface area contributed by atoms with Crippen molar-refractivity contribution in [1.29, 1.82) is 0 Å². The summed E-state index contributed by atoms with van der Waals surface area (Å²) in [7, 11) is -1.35. The second-order valence-corrected chi connectivity index (χ2v) is 7.00. The summed E-state index contributed by atoms with van der Waals surface area (Å²) in [4.78, 5) is 21.9. The molecule has 1 aromatic rings. The maximum absolute atomic E-state index is 12.3.